The van der Waals surface area contributed by atoms with Crippen molar-refractivity contribution >= 4 is 0 Å². The smallest absolute Gasteiger partial charge is 0.129 e. The third-order valence-electron chi connectivity index (χ3n) is 3.90. The quantitative estimate of drug-likeness (QED) is 0.931. The molecule has 0 amide bonds. The molecule has 0 spiro atoms. The van der Waals surface area contributed by atoms with Crippen molar-refractivity contribution in [3.8, 4) is 5.75 Å². The van der Waals surface area contributed by atoms with Crippen LogP contribution in [0.15, 0.2) is 36.4 Å². The fraction of sp³-hybridized carbons (Fsp3) is 0.294. The maximum Gasteiger partial charge on any atom is 0.129 e. The summed E-state index contributed by atoms with van der Waals surface area (Å²) >= 11 is 0. The van der Waals surface area contributed by atoms with Crippen molar-refractivity contribution < 1.29 is 13.5 Å². The molecule has 0 saturated carbocycles. The monoisotopic (exact) mass is 289 g/mol. The number of likely N-dealkylation sites (N-methyl/N-ethyl adjacent to an activating group) is 1. The predicted molar refractivity (Wildman–Crippen MR) is 77.5 cm³/mol. The minimum absolute atomic E-state index is 0.0177. The van der Waals surface area contributed by atoms with Crippen LogP contribution in [0.1, 0.15) is 22.7 Å². The molecule has 1 N–H and O–H groups in total. The number of rotatable bonds is 4. The van der Waals surface area contributed by atoms with Crippen LogP contribution in [0.4, 0.5) is 8.78 Å². The fourth-order valence-electron chi connectivity index (χ4n) is 2.72. The lowest BCUT2D eigenvalue weighted by Crippen LogP contribution is -2.19. The molecular formula is C17H17F2NO. The van der Waals surface area contributed by atoms with Gasteiger partial charge in [0.2, 0.25) is 0 Å². The second kappa shape index (κ2) is 5.82. The Morgan fingerprint density at radius 1 is 1.19 bits per heavy atom. The Bertz CT molecular complexity index is 657. The van der Waals surface area contributed by atoms with Crippen LogP contribution in [-0.4, -0.2) is 13.7 Å². The lowest BCUT2D eigenvalue weighted by Gasteiger charge is -2.18. The van der Waals surface area contributed by atoms with Crippen molar-refractivity contribution in [3.63, 3.8) is 0 Å². The van der Waals surface area contributed by atoms with Crippen LogP contribution >= 0.6 is 0 Å². The zero-order valence-electron chi connectivity index (χ0n) is 11.8. The van der Waals surface area contributed by atoms with E-state index in [0.29, 0.717) is 12.0 Å². The molecular weight excluding hydrogens is 272 g/mol. The van der Waals surface area contributed by atoms with Gasteiger partial charge in [0, 0.05) is 18.5 Å². The summed E-state index contributed by atoms with van der Waals surface area (Å²) in [5, 5.41) is 3.20. The van der Waals surface area contributed by atoms with Gasteiger partial charge < -0.3 is 10.1 Å². The third-order valence-corrected chi connectivity index (χ3v) is 3.90. The van der Waals surface area contributed by atoms with E-state index < -0.39 is 11.6 Å². The molecule has 0 saturated heterocycles. The second-order valence-electron chi connectivity index (χ2n) is 5.25. The van der Waals surface area contributed by atoms with Gasteiger partial charge in [-0.05, 0) is 42.3 Å². The normalized spacial score (nSPS) is 14.6. The molecule has 1 unspecified atom stereocenters. The van der Waals surface area contributed by atoms with Crippen molar-refractivity contribution in [2.45, 2.75) is 18.9 Å². The summed E-state index contributed by atoms with van der Waals surface area (Å²) in [6.07, 6.45) is 1.38. The third kappa shape index (κ3) is 2.90. The van der Waals surface area contributed by atoms with Gasteiger partial charge in [0.25, 0.3) is 0 Å². The van der Waals surface area contributed by atoms with E-state index in [4.69, 9.17) is 4.74 Å². The van der Waals surface area contributed by atoms with Crippen LogP contribution in [0.2, 0.25) is 0 Å². The van der Waals surface area contributed by atoms with Gasteiger partial charge in [-0.15, -0.1) is 0 Å². The SMILES string of the molecule is CNC(Cc1ccc(F)cc1F)c1ccc2c(c1)CCO2. The zero-order chi connectivity index (χ0) is 14.8. The highest BCUT2D eigenvalue weighted by atomic mass is 19.1. The Morgan fingerprint density at radius 2 is 2.05 bits per heavy atom. The second-order valence-corrected chi connectivity index (χ2v) is 5.25. The largest absolute Gasteiger partial charge is 0.493 e. The van der Waals surface area contributed by atoms with Crippen molar-refractivity contribution in [2.24, 2.45) is 0 Å². The van der Waals surface area contributed by atoms with E-state index in [1.165, 1.54) is 17.7 Å². The molecule has 1 aliphatic rings. The number of halogens is 2. The molecule has 0 radical (unpaired) electrons. The summed E-state index contributed by atoms with van der Waals surface area (Å²) < 4.78 is 32.3. The van der Waals surface area contributed by atoms with E-state index in [0.717, 1.165) is 30.4 Å². The highest BCUT2D eigenvalue weighted by Crippen LogP contribution is 2.29. The Hall–Kier alpha value is -1.94. The minimum atomic E-state index is -0.549. The lowest BCUT2D eigenvalue weighted by molar-refractivity contribution is 0.356. The van der Waals surface area contributed by atoms with E-state index in [2.05, 4.69) is 11.4 Å². The van der Waals surface area contributed by atoms with Gasteiger partial charge in [0.15, 0.2) is 0 Å². The highest BCUT2D eigenvalue weighted by molar-refractivity contribution is 5.41. The van der Waals surface area contributed by atoms with Gasteiger partial charge in [0.1, 0.15) is 17.4 Å². The number of benzene rings is 2. The van der Waals surface area contributed by atoms with E-state index in [-0.39, 0.29) is 6.04 Å². The molecule has 110 valence electrons. The first-order chi connectivity index (χ1) is 10.2. The van der Waals surface area contributed by atoms with Gasteiger partial charge in [-0.1, -0.05) is 18.2 Å². The van der Waals surface area contributed by atoms with Crippen LogP contribution < -0.4 is 10.1 Å². The van der Waals surface area contributed by atoms with Crippen molar-refractivity contribution in [2.75, 3.05) is 13.7 Å². The standard InChI is InChI=1S/C17H17F2NO/c1-20-16(9-11-2-4-14(18)10-15(11)19)12-3-5-17-13(8-12)6-7-21-17/h2-5,8,10,16,20H,6-7,9H2,1H3. The maximum absolute atomic E-state index is 13.8. The molecule has 0 fully saturated rings. The van der Waals surface area contributed by atoms with E-state index >= 15 is 0 Å². The number of fused-ring (bicyclic) bond motifs is 1. The molecule has 1 heterocycles. The van der Waals surface area contributed by atoms with Gasteiger partial charge in [-0.3, -0.25) is 0 Å². The number of hydrogen-bond acceptors (Lipinski definition) is 2. The Kier molecular flexibility index (Phi) is 3.88. The minimum Gasteiger partial charge on any atom is -0.493 e. The molecule has 0 bridgehead atoms. The van der Waals surface area contributed by atoms with Gasteiger partial charge in [-0.2, -0.15) is 0 Å². The van der Waals surface area contributed by atoms with Gasteiger partial charge in [-0.25, -0.2) is 8.78 Å². The summed E-state index contributed by atoms with van der Waals surface area (Å²) in [4.78, 5) is 0. The lowest BCUT2D eigenvalue weighted by atomic mass is 9.96. The molecule has 2 aromatic carbocycles. The zero-order valence-corrected chi connectivity index (χ0v) is 11.8. The molecule has 0 aromatic heterocycles. The first-order valence-electron chi connectivity index (χ1n) is 7.04. The van der Waals surface area contributed by atoms with Crippen LogP contribution in [0.25, 0.3) is 0 Å². The summed E-state index contributed by atoms with van der Waals surface area (Å²) in [7, 11) is 1.84. The summed E-state index contributed by atoms with van der Waals surface area (Å²) in [5.74, 6) is -0.117. The van der Waals surface area contributed by atoms with Crippen molar-refractivity contribution in [1.29, 1.82) is 0 Å². The summed E-state index contributed by atoms with van der Waals surface area (Å²) in [6.45, 7) is 0.718. The molecule has 3 rings (SSSR count). The highest BCUT2D eigenvalue weighted by Gasteiger charge is 2.17. The molecule has 2 nitrogen and oxygen atoms in total. The van der Waals surface area contributed by atoms with Crippen LogP contribution in [0.5, 0.6) is 5.75 Å². The molecule has 1 atom stereocenters. The van der Waals surface area contributed by atoms with E-state index in [1.807, 2.05) is 19.2 Å². The van der Waals surface area contributed by atoms with E-state index in [9.17, 15) is 8.78 Å². The van der Waals surface area contributed by atoms with Gasteiger partial charge in [0.05, 0.1) is 6.61 Å². The summed E-state index contributed by atoms with van der Waals surface area (Å²) in [5.41, 5.74) is 2.78. The topological polar surface area (TPSA) is 21.3 Å². The average Bonchev–Trinajstić information content (AvgIpc) is 2.94. The number of hydrogen-bond donors (Lipinski definition) is 1. The Morgan fingerprint density at radius 3 is 2.81 bits per heavy atom. The summed E-state index contributed by atoms with van der Waals surface area (Å²) in [6, 6.07) is 9.77. The van der Waals surface area contributed by atoms with Crippen LogP contribution in [-0.2, 0) is 12.8 Å². The molecule has 0 aliphatic carbocycles. The Labute approximate surface area is 122 Å². The van der Waals surface area contributed by atoms with Gasteiger partial charge >= 0.3 is 0 Å². The number of ether oxygens (including phenoxy) is 1. The first kappa shape index (κ1) is 14.0. The van der Waals surface area contributed by atoms with Crippen molar-refractivity contribution in [3.05, 3.63) is 64.7 Å². The molecule has 2 aromatic rings. The molecule has 21 heavy (non-hydrogen) atoms. The van der Waals surface area contributed by atoms with Crippen LogP contribution in [0.3, 0.4) is 0 Å². The van der Waals surface area contributed by atoms with E-state index in [1.54, 1.807) is 0 Å². The fourth-order valence-corrected chi connectivity index (χ4v) is 2.72. The molecule has 4 heteroatoms. The predicted octanol–water partition coefficient (Wildman–Crippen LogP) is 3.40. The van der Waals surface area contributed by atoms with Crippen LogP contribution in [0, 0.1) is 11.6 Å². The Balaban J connectivity index is 1.85. The average molecular weight is 289 g/mol. The number of nitrogens with one attached hydrogen (secondary N) is 1. The van der Waals surface area contributed by atoms with Crippen molar-refractivity contribution in [1.82, 2.24) is 5.32 Å². The first-order valence-corrected chi connectivity index (χ1v) is 7.04. The molecule has 1 aliphatic heterocycles. The maximum atomic E-state index is 13.8.